The summed E-state index contributed by atoms with van der Waals surface area (Å²) >= 11 is 0. The molecule has 2 amide bonds. The first-order valence-corrected chi connectivity index (χ1v) is 7.57. The van der Waals surface area contributed by atoms with Crippen molar-refractivity contribution in [1.29, 1.82) is 0 Å². The average Bonchev–Trinajstić information content (AvgIpc) is 2.95. The van der Waals surface area contributed by atoms with Crippen LogP contribution >= 0.6 is 0 Å². The molecule has 1 aliphatic rings. The molecule has 1 N–H and O–H groups in total. The monoisotopic (exact) mass is 296 g/mol. The van der Waals surface area contributed by atoms with E-state index in [9.17, 15) is 4.79 Å². The van der Waals surface area contributed by atoms with Crippen molar-refractivity contribution < 1.29 is 9.53 Å². The molecule has 114 valence electrons. The van der Waals surface area contributed by atoms with Crippen molar-refractivity contribution in [1.82, 2.24) is 5.32 Å². The van der Waals surface area contributed by atoms with Crippen LogP contribution in [0.5, 0.6) is 5.75 Å². The van der Waals surface area contributed by atoms with Gasteiger partial charge in [-0.2, -0.15) is 0 Å². The molecule has 2 aromatic carbocycles. The molecule has 0 bridgehead atoms. The number of aryl methyl sites for hydroxylation is 1. The summed E-state index contributed by atoms with van der Waals surface area (Å²) in [6.45, 7) is 3.72. The third kappa shape index (κ3) is 3.22. The van der Waals surface area contributed by atoms with E-state index in [-0.39, 0.29) is 6.03 Å². The lowest BCUT2D eigenvalue weighted by molar-refractivity contribution is 0.242. The van der Waals surface area contributed by atoms with Crippen molar-refractivity contribution >= 4 is 11.7 Å². The first-order valence-electron chi connectivity index (χ1n) is 7.57. The minimum absolute atomic E-state index is 0.0576. The number of urea groups is 1. The molecule has 4 nitrogen and oxygen atoms in total. The Morgan fingerprint density at radius 3 is 2.95 bits per heavy atom. The molecule has 0 radical (unpaired) electrons. The van der Waals surface area contributed by atoms with Gasteiger partial charge in [-0.25, -0.2) is 4.79 Å². The predicted molar refractivity (Wildman–Crippen MR) is 87.6 cm³/mol. The largest absolute Gasteiger partial charge is 0.492 e. The van der Waals surface area contributed by atoms with Gasteiger partial charge in [-0.05, 0) is 42.7 Å². The van der Waals surface area contributed by atoms with Crippen LogP contribution in [0.3, 0.4) is 0 Å². The molecule has 0 aliphatic carbocycles. The van der Waals surface area contributed by atoms with Gasteiger partial charge in [0.15, 0.2) is 0 Å². The number of rotatable bonds is 4. The van der Waals surface area contributed by atoms with Gasteiger partial charge in [0.05, 0.1) is 6.54 Å². The molecular weight excluding hydrogens is 276 g/mol. The summed E-state index contributed by atoms with van der Waals surface area (Å²) in [5, 5.41) is 2.91. The Kier molecular flexibility index (Phi) is 4.28. The number of benzene rings is 2. The molecule has 1 heterocycles. The van der Waals surface area contributed by atoms with Crippen molar-refractivity contribution in [3.05, 3.63) is 59.7 Å². The summed E-state index contributed by atoms with van der Waals surface area (Å²) < 4.78 is 5.64. The molecule has 4 heteroatoms. The number of nitrogens with one attached hydrogen (secondary N) is 1. The SMILES string of the molecule is Cc1cccc(OCCNC(=O)N2CCc3ccccc32)c1. The standard InChI is InChI=1S/C18H20N2O2/c1-14-5-4-7-16(13-14)22-12-10-19-18(21)20-11-9-15-6-2-3-8-17(15)20/h2-8,13H,9-12H2,1H3,(H,19,21). The Hall–Kier alpha value is -2.49. The molecule has 0 aromatic heterocycles. The molecule has 0 saturated carbocycles. The zero-order chi connectivity index (χ0) is 15.4. The van der Waals surface area contributed by atoms with Gasteiger partial charge < -0.3 is 10.1 Å². The number of anilines is 1. The molecular formula is C18H20N2O2. The van der Waals surface area contributed by atoms with Crippen LogP contribution in [0.4, 0.5) is 10.5 Å². The van der Waals surface area contributed by atoms with Gasteiger partial charge in [-0.3, -0.25) is 4.90 Å². The topological polar surface area (TPSA) is 41.6 Å². The average molecular weight is 296 g/mol. The fourth-order valence-corrected chi connectivity index (χ4v) is 2.68. The van der Waals surface area contributed by atoms with Crippen LogP contribution < -0.4 is 15.0 Å². The quantitative estimate of drug-likeness (QED) is 0.881. The van der Waals surface area contributed by atoms with Crippen LogP contribution in [0.25, 0.3) is 0 Å². The summed E-state index contributed by atoms with van der Waals surface area (Å²) in [6, 6.07) is 15.9. The maximum absolute atomic E-state index is 12.2. The van der Waals surface area contributed by atoms with E-state index in [0.29, 0.717) is 13.2 Å². The maximum Gasteiger partial charge on any atom is 0.322 e. The second-order valence-electron chi connectivity index (χ2n) is 5.43. The van der Waals surface area contributed by atoms with E-state index in [1.165, 1.54) is 5.56 Å². The number of nitrogens with zero attached hydrogens (tertiary/aromatic N) is 1. The number of amides is 2. The van der Waals surface area contributed by atoms with Crippen LogP contribution in [0, 0.1) is 6.92 Å². The van der Waals surface area contributed by atoms with E-state index >= 15 is 0 Å². The van der Waals surface area contributed by atoms with Crippen molar-refractivity contribution in [3.63, 3.8) is 0 Å². The number of carbonyl (C=O) groups is 1. The molecule has 2 aromatic rings. The van der Waals surface area contributed by atoms with Crippen molar-refractivity contribution in [2.75, 3.05) is 24.6 Å². The Bertz CT molecular complexity index is 670. The molecule has 0 fully saturated rings. The molecule has 0 atom stereocenters. The molecule has 0 unspecified atom stereocenters. The van der Waals surface area contributed by atoms with Gasteiger partial charge in [-0.1, -0.05) is 30.3 Å². The van der Waals surface area contributed by atoms with E-state index in [2.05, 4.69) is 11.4 Å². The van der Waals surface area contributed by atoms with Gasteiger partial charge in [0, 0.05) is 12.2 Å². The third-order valence-corrected chi connectivity index (χ3v) is 3.77. The van der Waals surface area contributed by atoms with Gasteiger partial charge >= 0.3 is 6.03 Å². The second kappa shape index (κ2) is 6.52. The first kappa shape index (κ1) is 14.4. The Morgan fingerprint density at radius 2 is 2.09 bits per heavy atom. The van der Waals surface area contributed by atoms with Crippen LogP contribution in [-0.4, -0.2) is 25.7 Å². The van der Waals surface area contributed by atoms with Gasteiger partial charge in [0.25, 0.3) is 0 Å². The van der Waals surface area contributed by atoms with Crippen LogP contribution in [-0.2, 0) is 6.42 Å². The normalized spacial score (nSPS) is 12.9. The summed E-state index contributed by atoms with van der Waals surface area (Å²) in [5.41, 5.74) is 3.41. The Labute approximate surface area is 130 Å². The highest BCUT2D eigenvalue weighted by molar-refractivity contribution is 5.94. The van der Waals surface area contributed by atoms with Gasteiger partial charge in [0.2, 0.25) is 0 Å². The fourth-order valence-electron chi connectivity index (χ4n) is 2.68. The third-order valence-electron chi connectivity index (χ3n) is 3.77. The van der Waals surface area contributed by atoms with E-state index in [0.717, 1.165) is 30.0 Å². The number of carbonyl (C=O) groups excluding carboxylic acids is 1. The van der Waals surface area contributed by atoms with E-state index in [4.69, 9.17) is 4.74 Å². The smallest absolute Gasteiger partial charge is 0.322 e. The number of para-hydroxylation sites is 1. The molecule has 1 aliphatic heterocycles. The van der Waals surface area contributed by atoms with Crippen LogP contribution in [0.15, 0.2) is 48.5 Å². The molecule has 3 rings (SSSR count). The van der Waals surface area contributed by atoms with Crippen molar-refractivity contribution in [3.8, 4) is 5.75 Å². The molecule has 0 spiro atoms. The van der Waals surface area contributed by atoms with Crippen molar-refractivity contribution in [2.45, 2.75) is 13.3 Å². The number of ether oxygens (including phenoxy) is 1. The first-order chi connectivity index (χ1) is 10.7. The lowest BCUT2D eigenvalue weighted by atomic mass is 10.2. The summed E-state index contributed by atoms with van der Waals surface area (Å²) in [5.74, 6) is 0.834. The van der Waals surface area contributed by atoms with Crippen LogP contribution in [0.1, 0.15) is 11.1 Å². The number of hydrogen-bond acceptors (Lipinski definition) is 2. The zero-order valence-corrected chi connectivity index (χ0v) is 12.7. The minimum Gasteiger partial charge on any atom is -0.492 e. The summed E-state index contributed by atoms with van der Waals surface area (Å²) in [6.07, 6.45) is 0.920. The summed E-state index contributed by atoms with van der Waals surface area (Å²) in [4.78, 5) is 14.0. The Balaban J connectivity index is 1.47. The number of hydrogen-bond donors (Lipinski definition) is 1. The van der Waals surface area contributed by atoms with Gasteiger partial charge in [-0.15, -0.1) is 0 Å². The maximum atomic E-state index is 12.2. The number of fused-ring (bicyclic) bond motifs is 1. The van der Waals surface area contributed by atoms with Gasteiger partial charge in [0.1, 0.15) is 12.4 Å². The minimum atomic E-state index is -0.0576. The molecule has 22 heavy (non-hydrogen) atoms. The van der Waals surface area contributed by atoms with E-state index in [1.54, 1.807) is 4.90 Å². The second-order valence-corrected chi connectivity index (χ2v) is 5.43. The Morgan fingerprint density at radius 1 is 1.23 bits per heavy atom. The van der Waals surface area contributed by atoms with Crippen molar-refractivity contribution in [2.24, 2.45) is 0 Å². The lowest BCUT2D eigenvalue weighted by Crippen LogP contribution is -2.40. The zero-order valence-electron chi connectivity index (χ0n) is 12.7. The lowest BCUT2D eigenvalue weighted by Gasteiger charge is -2.18. The van der Waals surface area contributed by atoms with E-state index in [1.807, 2.05) is 49.4 Å². The summed E-state index contributed by atoms with van der Waals surface area (Å²) in [7, 11) is 0. The highest BCUT2D eigenvalue weighted by Crippen LogP contribution is 2.27. The van der Waals surface area contributed by atoms with Crippen LogP contribution in [0.2, 0.25) is 0 Å². The highest BCUT2D eigenvalue weighted by Gasteiger charge is 2.23. The van der Waals surface area contributed by atoms with E-state index < -0.39 is 0 Å². The molecule has 0 saturated heterocycles. The fraction of sp³-hybridized carbons (Fsp3) is 0.278. The highest BCUT2D eigenvalue weighted by atomic mass is 16.5. The predicted octanol–water partition coefficient (Wildman–Crippen LogP) is 3.15.